The average Bonchev–Trinajstić information content (AvgIpc) is 2.26. The molecule has 1 rings (SSSR count). The van der Waals surface area contributed by atoms with E-state index in [1.165, 1.54) is 12.3 Å². The van der Waals surface area contributed by atoms with Gasteiger partial charge in [-0.15, -0.1) is 0 Å². The molecule has 0 bridgehead atoms. The molecule has 0 saturated heterocycles. The molecule has 0 aliphatic rings. The van der Waals surface area contributed by atoms with Crippen LogP contribution < -0.4 is 5.32 Å². The molecule has 1 aromatic rings. The molecular weight excluding hydrogens is 191 g/mol. The fourth-order valence-corrected chi connectivity index (χ4v) is 1.61. The molecule has 1 atom stereocenters. The summed E-state index contributed by atoms with van der Waals surface area (Å²) in [6.07, 6.45) is 3.46. The maximum absolute atomic E-state index is 12.7. The van der Waals surface area contributed by atoms with Crippen LogP contribution in [0.25, 0.3) is 0 Å². The molecule has 1 unspecified atom stereocenters. The van der Waals surface area contributed by atoms with Crippen LogP contribution >= 0.6 is 0 Å². The number of rotatable bonds is 5. The molecule has 0 saturated carbocycles. The van der Waals surface area contributed by atoms with E-state index in [0.717, 1.165) is 18.5 Å². The molecule has 1 N–H and O–H groups in total. The van der Waals surface area contributed by atoms with Crippen molar-refractivity contribution in [3.05, 3.63) is 29.8 Å². The SMILES string of the molecule is CCC(CC)NC(C)c1ccc(F)cn1. The Bertz CT molecular complexity index is 280. The van der Waals surface area contributed by atoms with Crippen molar-refractivity contribution >= 4 is 0 Å². The first-order valence-corrected chi connectivity index (χ1v) is 5.54. The summed E-state index contributed by atoms with van der Waals surface area (Å²) in [5.74, 6) is -0.284. The minimum atomic E-state index is -0.284. The molecule has 15 heavy (non-hydrogen) atoms. The van der Waals surface area contributed by atoms with Crippen LogP contribution in [0.2, 0.25) is 0 Å². The lowest BCUT2D eigenvalue weighted by Gasteiger charge is -2.20. The van der Waals surface area contributed by atoms with Crippen LogP contribution in [0.3, 0.4) is 0 Å². The van der Waals surface area contributed by atoms with E-state index in [0.29, 0.717) is 6.04 Å². The Labute approximate surface area is 90.9 Å². The van der Waals surface area contributed by atoms with E-state index >= 15 is 0 Å². The smallest absolute Gasteiger partial charge is 0.141 e. The zero-order valence-electron chi connectivity index (χ0n) is 9.63. The summed E-state index contributed by atoms with van der Waals surface area (Å²) in [6.45, 7) is 6.37. The Hall–Kier alpha value is -0.960. The van der Waals surface area contributed by atoms with Gasteiger partial charge in [0.1, 0.15) is 5.82 Å². The van der Waals surface area contributed by atoms with Gasteiger partial charge in [-0.1, -0.05) is 13.8 Å². The second-order valence-electron chi connectivity index (χ2n) is 3.80. The van der Waals surface area contributed by atoms with E-state index in [-0.39, 0.29) is 11.9 Å². The van der Waals surface area contributed by atoms with Gasteiger partial charge in [-0.05, 0) is 31.9 Å². The number of nitrogens with zero attached hydrogens (tertiary/aromatic N) is 1. The Balaban J connectivity index is 2.60. The monoisotopic (exact) mass is 210 g/mol. The maximum atomic E-state index is 12.7. The molecule has 0 amide bonds. The highest BCUT2D eigenvalue weighted by atomic mass is 19.1. The van der Waals surface area contributed by atoms with E-state index in [4.69, 9.17) is 0 Å². The van der Waals surface area contributed by atoms with Crippen molar-refractivity contribution in [2.75, 3.05) is 0 Å². The number of hydrogen-bond acceptors (Lipinski definition) is 2. The zero-order chi connectivity index (χ0) is 11.3. The molecule has 0 radical (unpaired) electrons. The van der Waals surface area contributed by atoms with Gasteiger partial charge in [-0.2, -0.15) is 0 Å². The highest BCUT2D eigenvalue weighted by Crippen LogP contribution is 2.12. The third-order valence-corrected chi connectivity index (χ3v) is 2.67. The van der Waals surface area contributed by atoms with E-state index in [1.807, 2.05) is 0 Å². The summed E-state index contributed by atoms with van der Waals surface area (Å²) < 4.78 is 12.7. The Morgan fingerprint density at radius 2 is 2.00 bits per heavy atom. The molecule has 0 aromatic carbocycles. The lowest BCUT2D eigenvalue weighted by Crippen LogP contribution is -2.30. The summed E-state index contributed by atoms with van der Waals surface area (Å²) in [6, 6.07) is 3.87. The summed E-state index contributed by atoms with van der Waals surface area (Å²) in [4.78, 5) is 4.06. The first kappa shape index (κ1) is 12.1. The molecule has 84 valence electrons. The Kier molecular flexibility index (Phi) is 4.69. The van der Waals surface area contributed by atoms with Crippen molar-refractivity contribution in [2.24, 2.45) is 0 Å². The van der Waals surface area contributed by atoms with Crippen LogP contribution in [0.5, 0.6) is 0 Å². The van der Waals surface area contributed by atoms with Crippen molar-refractivity contribution in [1.29, 1.82) is 0 Å². The minimum absolute atomic E-state index is 0.176. The van der Waals surface area contributed by atoms with E-state index in [1.54, 1.807) is 6.07 Å². The van der Waals surface area contributed by atoms with Crippen LogP contribution in [0.4, 0.5) is 4.39 Å². The highest BCUT2D eigenvalue weighted by molar-refractivity contribution is 5.09. The van der Waals surface area contributed by atoms with E-state index < -0.39 is 0 Å². The van der Waals surface area contributed by atoms with Crippen molar-refractivity contribution < 1.29 is 4.39 Å². The predicted molar refractivity (Wildman–Crippen MR) is 60.1 cm³/mol. The second kappa shape index (κ2) is 5.81. The minimum Gasteiger partial charge on any atom is -0.306 e. The molecule has 2 nitrogen and oxygen atoms in total. The zero-order valence-corrected chi connectivity index (χ0v) is 9.63. The number of pyridine rings is 1. The van der Waals surface area contributed by atoms with Gasteiger partial charge in [-0.3, -0.25) is 4.98 Å². The van der Waals surface area contributed by atoms with Crippen molar-refractivity contribution in [2.45, 2.75) is 45.7 Å². The van der Waals surface area contributed by atoms with Gasteiger partial charge < -0.3 is 5.32 Å². The molecule has 0 spiro atoms. The number of hydrogen-bond donors (Lipinski definition) is 1. The van der Waals surface area contributed by atoms with Crippen LogP contribution in [-0.2, 0) is 0 Å². The summed E-state index contributed by atoms with van der Waals surface area (Å²) in [7, 11) is 0. The summed E-state index contributed by atoms with van der Waals surface area (Å²) >= 11 is 0. The molecular formula is C12H19FN2. The van der Waals surface area contributed by atoms with Crippen molar-refractivity contribution in [3.8, 4) is 0 Å². The van der Waals surface area contributed by atoms with Gasteiger partial charge in [0, 0.05) is 12.1 Å². The summed E-state index contributed by atoms with van der Waals surface area (Å²) in [5.41, 5.74) is 0.892. The lowest BCUT2D eigenvalue weighted by molar-refractivity contribution is 0.426. The lowest BCUT2D eigenvalue weighted by atomic mass is 10.1. The molecule has 0 aliphatic carbocycles. The normalized spacial score (nSPS) is 13.1. The van der Waals surface area contributed by atoms with Gasteiger partial charge in [0.05, 0.1) is 11.9 Å². The number of aromatic nitrogens is 1. The third-order valence-electron chi connectivity index (χ3n) is 2.67. The number of nitrogens with one attached hydrogen (secondary N) is 1. The topological polar surface area (TPSA) is 24.9 Å². The van der Waals surface area contributed by atoms with Gasteiger partial charge in [0.2, 0.25) is 0 Å². The van der Waals surface area contributed by atoms with E-state index in [2.05, 4.69) is 31.1 Å². The molecule has 3 heteroatoms. The highest BCUT2D eigenvalue weighted by Gasteiger charge is 2.10. The average molecular weight is 210 g/mol. The van der Waals surface area contributed by atoms with Crippen LogP contribution in [0.15, 0.2) is 18.3 Å². The number of halogens is 1. The molecule has 0 fully saturated rings. The Morgan fingerprint density at radius 3 is 2.47 bits per heavy atom. The van der Waals surface area contributed by atoms with Gasteiger partial charge in [0.25, 0.3) is 0 Å². The third kappa shape index (κ3) is 3.59. The summed E-state index contributed by atoms with van der Waals surface area (Å²) in [5, 5.41) is 3.47. The Morgan fingerprint density at radius 1 is 1.33 bits per heavy atom. The van der Waals surface area contributed by atoms with Crippen LogP contribution in [-0.4, -0.2) is 11.0 Å². The second-order valence-corrected chi connectivity index (χ2v) is 3.80. The van der Waals surface area contributed by atoms with Crippen molar-refractivity contribution in [3.63, 3.8) is 0 Å². The van der Waals surface area contributed by atoms with Gasteiger partial charge in [-0.25, -0.2) is 4.39 Å². The molecule has 0 aliphatic heterocycles. The van der Waals surface area contributed by atoms with Crippen LogP contribution in [0, 0.1) is 5.82 Å². The fraction of sp³-hybridized carbons (Fsp3) is 0.583. The first-order chi connectivity index (χ1) is 7.17. The standard InChI is InChI=1S/C12H19FN2/c1-4-11(5-2)15-9(3)12-7-6-10(13)8-14-12/h6-9,11,15H,4-5H2,1-3H3. The first-order valence-electron chi connectivity index (χ1n) is 5.54. The van der Waals surface area contributed by atoms with Gasteiger partial charge >= 0.3 is 0 Å². The van der Waals surface area contributed by atoms with Crippen molar-refractivity contribution in [1.82, 2.24) is 10.3 Å². The van der Waals surface area contributed by atoms with Gasteiger partial charge in [0.15, 0.2) is 0 Å². The molecule has 1 heterocycles. The van der Waals surface area contributed by atoms with Crippen LogP contribution in [0.1, 0.15) is 45.3 Å². The molecule has 1 aromatic heterocycles. The quantitative estimate of drug-likeness (QED) is 0.808. The largest absolute Gasteiger partial charge is 0.306 e. The maximum Gasteiger partial charge on any atom is 0.141 e. The van der Waals surface area contributed by atoms with E-state index in [9.17, 15) is 4.39 Å². The predicted octanol–water partition coefficient (Wildman–Crippen LogP) is 3.06. The fourth-order valence-electron chi connectivity index (χ4n) is 1.61.